The topological polar surface area (TPSA) is 47.6 Å². The van der Waals surface area contributed by atoms with Crippen LogP contribution in [-0.2, 0) is 9.53 Å². The van der Waals surface area contributed by atoms with Gasteiger partial charge in [-0.05, 0) is 62.3 Å². The zero-order valence-electron chi connectivity index (χ0n) is 15.5. The minimum absolute atomic E-state index is 0.0319. The highest BCUT2D eigenvalue weighted by Gasteiger charge is 2.41. The van der Waals surface area contributed by atoms with Crippen molar-refractivity contribution in [1.82, 2.24) is 0 Å². The van der Waals surface area contributed by atoms with Crippen LogP contribution in [0.3, 0.4) is 0 Å². The molecule has 1 aromatic rings. The molecule has 0 unspecified atom stereocenters. The zero-order valence-corrected chi connectivity index (χ0v) is 15.5. The molecule has 0 aliphatic heterocycles. The average Bonchev–Trinajstić information content (AvgIpc) is 2.56. The van der Waals surface area contributed by atoms with Gasteiger partial charge < -0.3 is 14.8 Å². The molecule has 1 amide bonds. The van der Waals surface area contributed by atoms with E-state index in [1.54, 1.807) is 7.11 Å². The van der Waals surface area contributed by atoms with E-state index < -0.39 is 5.60 Å². The molecule has 0 heterocycles. The first-order valence-corrected chi connectivity index (χ1v) is 9.11. The summed E-state index contributed by atoms with van der Waals surface area (Å²) in [4.78, 5) is 12.8. The second-order valence-corrected chi connectivity index (χ2v) is 7.04. The normalized spacial score (nSPS) is 23.8. The number of nitrogens with one attached hydrogen (secondary N) is 1. The van der Waals surface area contributed by atoms with E-state index in [4.69, 9.17) is 9.47 Å². The fraction of sp³-hybridized carbons (Fsp3) is 0.650. The Morgan fingerprint density at radius 1 is 1.42 bits per heavy atom. The van der Waals surface area contributed by atoms with Gasteiger partial charge in [0.05, 0.1) is 6.61 Å². The Labute approximate surface area is 145 Å². The van der Waals surface area contributed by atoms with Crippen molar-refractivity contribution in [3.63, 3.8) is 0 Å². The van der Waals surface area contributed by atoms with Gasteiger partial charge in [-0.2, -0.15) is 0 Å². The standard InChI is InChI=1S/C20H31NO3/c1-5-6-12-24-18-10-9-17(13-16(18)3)21-19(22)20(23-4)11-7-8-15(2)14-20/h9-10,13,15H,5-8,11-12,14H2,1-4H3,(H,21,22)/t15-,20-/m1/s1. The summed E-state index contributed by atoms with van der Waals surface area (Å²) in [6.07, 6.45) is 5.94. The van der Waals surface area contributed by atoms with Crippen LogP contribution in [0.2, 0.25) is 0 Å². The van der Waals surface area contributed by atoms with Crippen LogP contribution in [0.1, 0.15) is 57.9 Å². The summed E-state index contributed by atoms with van der Waals surface area (Å²) in [5, 5.41) is 3.04. The molecule has 0 radical (unpaired) electrons. The number of unbranched alkanes of at least 4 members (excludes halogenated alkanes) is 1. The summed E-state index contributed by atoms with van der Waals surface area (Å²) in [6, 6.07) is 5.81. The molecular formula is C20H31NO3. The highest BCUT2D eigenvalue weighted by atomic mass is 16.5. The molecule has 0 aromatic heterocycles. The van der Waals surface area contributed by atoms with Gasteiger partial charge >= 0.3 is 0 Å². The Morgan fingerprint density at radius 3 is 2.83 bits per heavy atom. The van der Waals surface area contributed by atoms with E-state index in [0.29, 0.717) is 5.92 Å². The molecule has 1 aliphatic carbocycles. The van der Waals surface area contributed by atoms with Crippen molar-refractivity contribution in [3.05, 3.63) is 23.8 Å². The lowest BCUT2D eigenvalue weighted by Gasteiger charge is -2.37. The highest BCUT2D eigenvalue weighted by Crippen LogP contribution is 2.36. The van der Waals surface area contributed by atoms with Gasteiger partial charge in [0.25, 0.3) is 5.91 Å². The lowest BCUT2D eigenvalue weighted by atomic mass is 9.78. The van der Waals surface area contributed by atoms with Gasteiger partial charge in [-0.15, -0.1) is 0 Å². The van der Waals surface area contributed by atoms with Gasteiger partial charge in [0.15, 0.2) is 0 Å². The summed E-state index contributed by atoms with van der Waals surface area (Å²) in [5.74, 6) is 1.37. The van der Waals surface area contributed by atoms with Crippen molar-refractivity contribution in [2.24, 2.45) is 5.92 Å². The van der Waals surface area contributed by atoms with Crippen LogP contribution in [0, 0.1) is 12.8 Å². The van der Waals surface area contributed by atoms with Crippen molar-refractivity contribution in [2.75, 3.05) is 19.0 Å². The Morgan fingerprint density at radius 2 is 2.21 bits per heavy atom. The minimum atomic E-state index is -0.693. The number of hydrogen-bond donors (Lipinski definition) is 1. The molecule has 1 aromatic carbocycles. The first kappa shape index (κ1) is 18.8. The smallest absolute Gasteiger partial charge is 0.256 e. The molecule has 24 heavy (non-hydrogen) atoms. The van der Waals surface area contributed by atoms with Crippen molar-refractivity contribution < 1.29 is 14.3 Å². The number of anilines is 1. The number of benzene rings is 1. The SMILES string of the molecule is CCCCOc1ccc(NC(=O)[C@@]2(OC)CCC[C@@H](C)C2)cc1C. The highest BCUT2D eigenvalue weighted by molar-refractivity contribution is 5.97. The Balaban J connectivity index is 2.04. The molecule has 1 aliphatic rings. The monoisotopic (exact) mass is 333 g/mol. The average molecular weight is 333 g/mol. The lowest BCUT2D eigenvalue weighted by molar-refractivity contribution is -0.143. The molecule has 1 fully saturated rings. The molecule has 4 nitrogen and oxygen atoms in total. The molecule has 4 heteroatoms. The van der Waals surface area contributed by atoms with E-state index in [0.717, 1.165) is 55.7 Å². The molecule has 0 spiro atoms. The molecule has 2 atom stereocenters. The van der Waals surface area contributed by atoms with Crippen molar-refractivity contribution in [2.45, 2.75) is 64.9 Å². The third-order valence-corrected chi connectivity index (χ3v) is 4.95. The second-order valence-electron chi connectivity index (χ2n) is 7.04. The predicted octanol–water partition coefficient (Wildman–Crippen LogP) is 4.71. The maximum atomic E-state index is 12.8. The zero-order chi connectivity index (χ0) is 17.6. The van der Waals surface area contributed by atoms with Crippen molar-refractivity contribution >= 4 is 11.6 Å². The van der Waals surface area contributed by atoms with E-state index in [9.17, 15) is 4.79 Å². The maximum Gasteiger partial charge on any atom is 0.256 e. The minimum Gasteiger partial charge on any atom is -0.493 e. The quantitative estimate of drug-likeness (QED) is 0.735. The molecule has 1 N–H and O–H groups in total. The van der Waals surface area contributed by atoms with E-state index in [-0.39, 0.29) is 5.91 Å². The summed E-state index contributed by atoms with van der Waals surface area (Å²) in [5.41, 5.74) is 1.14. The summed E-state index contributed by atoms with van der Waals surface area (Å²) >= 11 is 0. The summed E-state index contributed by atoms with van der Waals surface area (Å²) < 4.78 is 11.4. The summed E-state index contributed by atoms with van der Waals surface area (Å²) in [6.45, 7) is 7.07. The van der Waals surface area contributed by atoms with Crippen LogP contribution < -0.4 is 10.1 Å². The molecular weight excluding hydrogens is 302 g/mol. The van der Waals surface area contributed by atoms with E-state index in [1.165, 1.54) is 6.42 Å². The predicted molar refractivity (Wildman–Crippen MR) is 97.6 cm³/mol. The number of amides is 1. The number of carbonyl (C=O) groups is 1. The van der Waals surface area contributed by atoms with E-state index in [1.807, 2.05) is 25.1 Å². The third kappa shape index (κ3) is 4.50. The molecule has 0 bridgehead atoms. The van der Waals surface area contributed by atoms with Gasteiger partial charge in [0.1, 0.15) is 11.4 Å². The first-order valence-electron chi connectivity index (χ1n) is 9.11. The maximum absolute atomic E-state index is 12.8. The second kappa shape index (κ2) is 8.52. The number of rotatable bonds is 7. The molecule has 2 rings (SSSR count). The number of carbonyl (C=O) groups excluding carboxylic acids is 1. The van der Waals surface area contributed by atoms with Crippen molar-refractivity contribution in [3.8, 4) is 5.75 Å². The number of ether oxygens (including phenoxy) is 2. The fourth-order valence-electron chi connectivity index (χ4n) is 3.45. The molecule has 1 saturated carbocycles. The number of methoxy groups -OCH3 is 1. The lowest BCUT2D eigenvalue weighted by Crippen LogP contribution is -2.47. The number of hydrogen-bond acceptors (Lipinski definition) is 3. The van der Waals surface area contributed by atoms with Crippen LogP contribution in [0.4, 0.5) is 5.69 Å². The van der Waals surface area contributed by atoms with Gasteiger partial charge in [0, 0.05) is 12.8 Å². The van der Waals surface area contributed by atoms with Crippen LogP contribution in [0.15, 0.2) is 18.2 Å². The van der Waals surface area contributed by atoms with E-state index in [2.05, 4.69) is 19.2 Å². The van der Waals surface area contributed by atoms with Crippen LogP contribution in [-0.4, -0.2) is 25.2 Å². The van der Waals surface area contributed by atoms with Crippen LogP contribution >= 0.6 is 0 Å². The Kier molecular flexibility index (Phi) is 6.67. The Bertz CT molecular complexity index is 558. The number of aryl methyl sites for hydroxylation is 1. The van der Waals surface area contributed by atoms with Gasteiger partial charge in [-0.1, -0.05) is 26.7 Å². The summed E-state index contributed by atoms with van der Waals surface area (Å²) in [7, 11) is 1.65. The van der Waals surface area contributed by atoms with Gasteiger partial charge in [-0.25, -0.2) is 0 Å². The van der Waals surface area contributed by atoms with Gasteiger partial charge in [0.2, 0.25) is 0 Å². The van der Waals surface area contributed by atoms with Crippen LogP contribution in [0.25, 0.3) is 0 Å². The van der Waals surface area contributed by atoms with Gasteiger partial charge in [-0.3, -0.25) is 4.79 Å². The first-order chi connectivity index (χ1) is 11.5. The molecule has 0 saturated heterocycles. The Hall–Kier alpha value is -1.55. The fourth-order valence-corrected chi connectivity index (χ4v) is 3.45. The largest absolute Gasteiger partial charge is 0.493 e. The van der Waals surface area contributed by atoms with Crippen molar-refractivity contribution in [1.29, 1.82) is 0 Å². The van der Waals surface area contributed by atoms with E-state index >= 15 is 0 Å². The molecule has 134 valence electrons. The van der Waals surface area contributed by atoms with Crippen LogP contribution in [0.5, 0.6) is 5.75 Å². The third-order valence-electron chi connectivity index (χ3n) is 4.95.